The molecule has 10 heteroatoms. The predicted molar refractivity (Wildman–Crippen MR) is 120 cm³/mol. The molecule has 2 aliphatic heterocycles. The molecule has 0 aliphatic carbocycles. The summed E-state index contributed by atoms with van der Waals surface area (Å²) in [4.78, 5) is 41.2. The van der Waals surface area contributed by atoms with Crippen molar-refractivity contribution in [1.29, 1.82) is 0 Å². The molecule has 1 amide bonds. The molecule has 1 aromatic heterocycles. The summed E-state index contributed by atoms with van der Waals surface area (Å²) in [6.45, 7) is 4.08. The van der Waals surface area contributed by atoms with Crippen molar-refractivity contribution in [2.24, 2.45) is 0 Å². The molecule has 3 heterocycles. The van der Waals surface area contributed by atoms with Gasteiger partial charge >= 0.3 is 0 Å². The molecular formula is C24H22FN3O6. The molecule has 0 bridgehead atoms. The van der Waals surface area contributed by atoms with Gasteiger partial charge in [-0.3, -0.25) is 24.6 Å². The molecule has 2 aromatic carbocycles. The van der Waals surface area contributed by atoms with Crippen LogP contribution in [0.25, 0.3) is 11.0 Å². The fraction of sp³-hybridized carbons (Fsp3) is 0.333. The predicted octanol–water partition coefficient (Wildman–Crippen LogP) is 3.11. The van der Waals surface area contributed by atoms with Gasteiger partial charge in [-0.1, -0.05) is 0 Å². The van der Waals surface area contributed by atoms with Crippen LogP contribution in [0, 0.1) is 15.9 Å². The molecule has 0 saturated carbocycles. The second-order valence-electron chi connectivity index (χ2n) is 8.37. The fourth-order valence-electron chi connectivity index (χ4n) is 4.64. The second-order valence-corrected chi connectivity index (χ2v) is 8.37. The third-order valence-corrected chi connectivity index (χ3v) is 6.32. The van der Waals surface area contributed by atoms with Crippen molar-refractivity contribution < 1.29 is 23.3 Å². The molecule has 34 heavy (non-hydrogen) atoms. The lowest BCUT2D eigenvalue weighted by Crippen LogP contribution is -2.38. The Morgan fingerprint density at radius 1 is 1.06 bits per heavy atom. The average Bonchev–Trinajstić information content (AvgIpc) is 3.12. The Morgan fingerprint density at radius 2 is 1.79 bits per heavy atom. The number of amides is 1. The Balaban J connectivity index is 1.54. The van der Waals surface area contributed by atoms with Crippen molar-refractivity contribution >= 4 is 22.6 Å². The van der Waals surface area contributed by atoms with E-state index in [0.717, 1.165) is 25.7 Å². The maximum Gasteiger partial charge on any atom is 0.290 e. The van der Waals surface area contributed by atoms with Crippen molar-refractivity contribution in [3.8, 4) is 0 Å². The van der Waals surface area contributed by atoms with E-state index in [9.17, 15) is 24.1 Å². The number of ether oxygens (including phenoxy) is 1. The van der Waals surface area contributed by atoms with Crippen LogP contribution >= 0.6 is 0 Å². The lowest BCUT2D eigenvalue weighted by molar-refractivity contribution is -0.384. The third kappa shape index (κ3) is 3.95. The number of hydrogen-bond donors (Lipinski definition) is 0. The highest BCUT2D eigenvalue weighted by atomic mass is 19.1. The number of non-ortho nitro benzene ring substituents is 1. The molecule has 1 fully saturated rings. The number of morpholine rings is 1. The van der Waals surface area contributed by atoms with Crippen molar-refractivity contribution in [3.63, 3.8) is 0 Å². The van der Waals surface area contributed by atoms with E-state index in [-0.39, 0.29) is 28.0 Å². The molecule has 176 valence electrons. The van der Waals surface area contributed by atoms with Gasteiger partial charge in [0.1, 0.15) is 11.4 Å². The molecule has 0 radical (unpaired) electrons. The first-order valence-corrected chi connectivity index (χ1v) is 11.1. The second kappa shape index (κ2) is 8.96. The Bertz CT molecular complexity index is 1320. The monoisotopic (exact) mass is 467 g/mol. The normalized spacial score (nSPS) is 18.4. The Hall–Kier alpha value is -3.63. The van der Waals surface area contributed by atoms with Gasteiger partial charge in [0, 0.05) is 38.3 Å². The van der Waals surface area contributed by atoms with E-state index in [4.69, 9.17) is 9.15 Å². The summed E-state index contributed by atoms with van der Waals surface area (Å²) >= 11 is 0. The fourth-order valence-corrected chi connectivity index (χ4v) is 4.64. The third-order valence-electron chi connectivity index (χ3n) is 6.32. The molecule has 5 rings (SSSR count). The smallest absolute Gasteiger partial charge is 0.290 e. The van der Waals surface area contributed by atoms with Crippen LogP contribution < -0.4 is 5.43 Å². The van der Waals surface area contributed by atoms with E-state index >= 15 is 0 Å². The van der Waals surface area contributed by atoms with E-state index < -0.39 is 28.1 Å². The highest BCUT2D eigenvalue weighted by Crippen LogP contribution is 2.38. The van der Waals surface area contributed by atoms with Crippen LogP contribution in [0.15, 0.2) is 51.7 Å². The topological polar surface area (TPSA) is 106 Å². The quantitative estimate of drug-likeness (QED) is 0.405. The average molecular weight is 467 g/mol. The van der Waals surface area contributed by atoms with Gasteiger partial charge in [0.25, 0.3) is 11.6 Å². The number of carbonyl (C=O) groups is 1. The van der Waals surface area contributed by atoms with Crippen LogP contribution in [0.5, 0.6) is 0 Å². The molecule has 1 atom stereocenters. The maximum absolute atomic E-state index is 13.9. The molecule has 3 aromatic rings. The van der Waals surface area contributed by atoms with Gasteiger partial charge in [-0.15, -0.1) is 0 Å². The summed E-state index contributed by atoms with van der Waals surface area (Å²) in [5.41, 5.74) is 0.231. The minimum Gasteiger partial charge on any atom is -0.450 e. The van der Waals surface area contributed by atoms with Gasteiger partial charge in [0.15, 0.2) is 5.43 Å². The maximum atomic E-state index is 13.9. The Kier molecular flexibility index (Phi) is 5.84. The van der Waals surface area contributed by atoms with E-state index in [1.165, 1.54) is 36.4 Å². The van der Waals surface area contributed by atoms with Gasteiger partial charge in [0.2, 0.25) is 5.76 Å². The zero-order valence-electron chi connectivity index (χ0n) is 18.2. The number of halogens is 1. The van der Waals surface area contributed by atoms with Crippen molar-refractivity contribution in [2.45, 2.75) is 12.5 Å². The summed E-state index contributed by atoms with van der Waals surface area (Å²) in [6, 6.07) is 8.58. The van der Waals surface area contributed by atoms with Crippen molar-refractivity contribution in [1.82, 2.24) is 9.80 Å². The number of fused-ring (bicyclic) bond motifs is 2. The van der Waals surface area contributed by atoms with Gasteiger partial charge in [-0.25, -0.2) is 4.39 Å². The molecular weight excluding hydrogens is 445 g/mol. The molecule has 1 saturated heterocycles. The first kappa shape index (κ1) is 22.2. The number of nitro benzene ring substituents is 1. The summed E-state index contributed by atoms with van der Waals surface area (Å²) in [5.74, 6) is -1.08. The first-order chi connectivity index (χ1) is 16.4. The molecule has 9 nitrogen and oxygen atoms in total. The van der Waals surface area contributed by atoms with E-state index in [1.807, 2.05) is 0 Å². The van der Waals surface area contributed by atoms with E-state index in [1.54, 1.807) is 4.90 Å². The van der Waals surface area contributed by atoms with Crippen LogP contribution in [0.3, 0.4) is 0 Å². The zero-order valence-corrected chi connectivity index (χ0v) is 18.2. The van der Waals surface area contributed by atoms with Crippen molar-refractivity contribution in [3.05, 3.63) is 85.5 Å². The van der Waals surface area contributed by atoms with Crippen LogP contribution in [-0.4, -0.2) is 60.0 Å². The zero-order chi connectivity index (χ0) is 23.8. The largest absolute Gasteiger partial charge is 0.450 e. The lowest BCUT2D eigenvalue weighted by atomic mass is 9.98. The van der Waals surface area contributed by atoms with Gasteiger partial charge in [-0.05, 0) is 42.3 Å². The lowest BCUT2D eigenvalue weighted by Gasteiger charge is -2.29. The number of nitro groups is 1. The summed E-state index contributed by atoms with van der Waals surface area (Å²) in [5, 5.41) is 11.1. The highest BCUT2D eigenvalue weighted by Gasteiger charge is 2.42. The number of carbonyl (C=O) groups excluding carboxylic acids is 1. The molecule has 2 aliphatic rings. The number of hydrogen-bond acceptors (Lipinski definition) is 7. The van der Waals surface area contributed by atoms with Crippen LogP contribution in [0.1, 0.15) is 34.1 Å². The number of rotatable bonds is 6. The number of nitrogens with zero attached hydrogens (tertiary/aromatic N) is 3. The SMILES string of the molecule is O=C1c2oc3ccc(F)cc3c(=O)c2[C@@H](c2ccc([N+](=O)[O-])cc2)N1CCCN1CCOCC1. The first-order valence-electron chi connectivity index (χ1n) is 11.1. The molecule has 0 unspecified atom stereocenters. The van der Waals surface area contributed by atoms with E-state index in [0.29, 0.717) is 31.7 Å². The van der Waals surface area contributed by atoms with Crippen LogP contribution in [0.4, 0.5) is 10.1 Å². The molecule has 0 N–H and O–H groups in total. The number of benzene rings is 2. The standard InChI is InChI=1S/C24H22FN3O6/c25-16-4-7-19-18(14-16)22(29)20-21(15-2-5-17(6-3-15)28(31)32)27(24(30)23(20)34-19)9-1-8-26-10-12-33-13-11-26/h2-7,14,21H,1,8-13H2/t21-/m1/s1. The minimum absolute atomic E-state index is 0.0497. The molecule has 0 spiro atoms. The Labute approximate surface area is 193 Å². The highest BCUT2D eigenvalue weighted by molar-refractivity contribution is 5.99. The van der Waals surface area contributed by atoms with Crippen LogP contribution in [0.2, 0.25) is 0 Å². The summed E-state index contributed by atoms with van der Waals surface area (Å²) in [6.07, 6.45) is 0.658. The van der Waals surface area contributed by atoms with Crippen molar-refractivity contribution in [2.75, 3.05) is 39.4 Å². The van der Waals surface area contributed by atoms with Gasteiger partial charge in [-0.2, -0.15) is 0 Å². The van der Waals surface area contributed by atoms with E-state index in [2.05, 4.69) is 4.90 Å². The summed E-state index contributed by atoms with van der Waals surface area (Å²) < 4.78 is 25.0. The van der Waals surface area contributed by atoms with Gasteiger partial charge in [0.05, 0.1) is 35.1 Å². The minimum atomic E-state index is -0.781. The Morgan fingerprint density at radius 3 is 2.50 bits per heavy atom. The van der Waals surface area contributed by atoms with Gasteiger partial charge < -0.3 is 14.1 Å². The summed E-state index contributed by atoms with van der Waals surface area (Å²) in [7, 11) is 0. The van der Waals surface area contributed by atoms with Crippen LogP contribution in [-0.2, 0) is 4.74 Å².